The van der Waals surface area contributed by atoms with Crippen LogP contribution in [0.5, 0.6) is 0 Å². The predicted octanol–water partition coefficient (Wildman–Crippen LogP) is 2.17. The molecule has 2 N–H and O–H groups in total. The summed E-state index contributed by atoms with van der Waals surface area (Å²) in [6, 6.07) is 3.36. The highest BCUT2D eigenvalue weighted by atomic mass is 19.1. The number of aryl methyl sites for hydroxylation is 2. The molecule has 0 radical (unpaired) electrons. The zero-order chi connectivity index (χ0) is 13.7. The zero-order valence-corrected chi connectivity index (χ0v) is 10.5. The lowest BCUT2D eigenvalue weighted by molar-refractivity contribution is 0.0828. The Morgan fingerprint density at radius 1 is 1.44 bits per heavy atom. The van der Waals surface area contributed by atoms with Crippen LogP contribution in [0.15, 0.2) is 12.1 Å². The summed E-state index contributed by atoms with van der Waals surface area (Å²) in [5.74, 6) is -0.435. The number of hydrogen-bond acceptors (Lipinski definition) is 3. The molecule has 0 unspecified atom stereocenters. The van der Waals surface area contributed by atoms with Gasteiger partial charge in [-0.1, -0.05) is 6.07 Å². The number of alkyl halides is 1. The minimum atomic E-state index is -0.555. The van der Waals surface area contributed by atoms with E-state index in [0.717, 1.165) is 16.0 Å². The Balaban J connectivity index is 3.03. The van der Waals surface area contributed by atoms with E-state index in [2.05, 4.69) is 0 Å². The molecule has 0 saturated heterocycles. The average molecular weight is 249 g/mol. The summed E-state index contributed by atoms with van der Waals surface area (Å²) in [6.07, 6.45) is 1.93. The first kappa shape index (κ1) is 14.0. The molecule has 1 rings (SSSR count). The number of anilines is 1. The van der Waals surface area contributed by atoms with Crippen LogP contribution in [0.3, 0.4) is 0 Å². The van der Waals surface area contributed by atoms with Gasteiger partial charge in [-0.2, -0.15) is 5.26 Å². The van der Waals surface area contributed by atoms with Crippen molar-refractivity contribution in [2.45, 2.75) is 20.3 Å². The van der Waals surface area contributed by atoms with Crippen LogP contribution < -0.4 is 5.73 Å². The molecule has 0 bridgehead atoms. The van der Waals surface area contributed by atoms with Crippen LogP contribution in [0, 0.1) is 25.3 Å². The number of nitriles is 1. The highest BCUT2D eigenvalue weighted by molar-refractivity contribution is 5.97. The Morgan fingerprint density at radius 3 is 2.67 bits per heavy atom. The van der Waals surface area contributed by atoms with Gasteiger partial charge < -0.3 is 5.73 Å². The van der Waals surface area contributed by atoms with E-state index >= 15 is 0 Å². The molecule has 0 atom stereocenters. The van der Waals surface area contributed by atoms with Gasteiger partial charge in [-0.05, 0) is 37.5 Å². The lowest BCUT2D eigenvalue weighted by Crippen LogP contribution is -2.28. The van der Waals surface area contributed by atoms with Crippen molar-refractivity contribution in [2.75, 3.05) is 19.0 Å². The van der Waals surface area contributed by atoms with Gasteiger partial charge in [-0.25, -0.2) is 4.90 Å². The maximum Gasteiger partial charge on any atom is 0.267 e. The largest absolute Gasteiger partial charge is 0.398 e. The van der Waals surface area contributed by atoms with E-state index in [1.165, 1.54) is 0 Å². The Hall–Kier alpha value is -2.09. The monoisotopic (exact) mass is 249 g/mol. The number of nitrogens with two attached hydrogens (primary N) is 1. The summed E-state index contributed by atoms with van der Waals surface area (Å²) < 4.78 is 12.1. The number of hydrogen-bond donors (Lipinski definition) is 1. The Kier molecular flexibility index (Phi) is 4.67. The zero-order valence-electron chi connectivity index (χ0n) is 10.5. The number of carbonyl (C=O) groups is 1. The van der Waals surface area contributed by atoms with Gasteiger partial charge in [0.15, 0.2) is 6.19 Å². The topological polar surface area (TPSA) is 70.1 Å². The summed E-state index contributed by atoms with van der Waals surface area (Å²) in [4.78, 5) is 13.0. The van der Waals surface area contributed by atoms with Crippen LogP contribution in [-0.2, 0) is 0 Å². The van der Waals surface area contributed by atoms with E-state index in [1.807, 2.05) is 6.92 Å². The van der Waals surface area contributed by atoms with E-state index in [0.29, 0.717) is 11.3 Å². The van der Waals surface area contributed by atoms with Crippen molar-refractivity contribution in [3.05, 3.63) is 28.8 Å². The molecular weight excluding hydrogens is 233 g/mol. The average Bonchev–Trinajstić information content (AvgIpc) is 2.34. The number of nitrogens with zero attached hydrogens (tertiary/aromatic N) is 2. The first-order valence-electron chi connectivity index (χ1n) is 5.65. The number of rotatable bonds is 4. The van der Waals surface area contributed by atoms with Crippen molar-refractivity contribution in [2.24, 2.45) is 0 Å². The molecule has 0 fully saturated rings. The quantitative estimate of drug-likeness (QED) is 0.505. The summed E-state index contributed by atoms with van der Waals surface area (Å²) in [6.45, 7) is 3.16. The summed E-state index contributed by atoms with van der Waals surface area (Å²) in [7, 11) is 0. The van der Waals surface area contributed by atoms with E-state index in [-0.39, 0.29) is 13.0 Å². The molecular formula is C13H16FN3O. The minimum Gasteiger partial charge on any atom is -0.398 e. The van der Waals surface area contributed by atoms with Gasteiger partial charge in [-0.3, -0.25) is 9.18 Å². The number of halogens is 1. The van der Waals surface area contributed by atoms with Crippen LogP contribution in [0.1, 0.15) is 27.9 Å². The van der Waals surface area contributed by atoms with Gasteiger partial charge in [0.2, 0.25) is 0 Å². The fourth-order valence-corrected chi connectivity index (χ4v) is 1.66. The van der Waals surface area contributed by atoms with Crippen molar-refractivity contribution >= 4 is 11.6 Å². The number of amides is 1. The summed E-state index contributed by atoms with van der Waals surface area (Å²) in [5, 5.41) is 8.90. The van der Waals surface area contributed by atoms with E-state index in [4.69, 9.17) is 11.0 Å². The molecule has 1 aromatic carbocycles. The molecule has 1 aromatic rings. The second-order valence-electron chi connectivity index (χ2n) is 4.12. The van der Waals surface area contributed by atoms with Crippen LogP contribution in [-0.4, -0.2) is 24.0 Å². The lowest BCUT2D eigenvalue weighted by atomic mass is 10.0. The summed E-state index contributed by atoms with van der Waals surface area (Å²) in [5.41, 5.74) is 8.29. The maximum absolute atomic E-state index is 12.1. The molecule has 0 heterocycles. The fraction of sp³-hybridized carbons (Fsp3) is 0.385. The van der Waals surface area contributed by atoms with Gasteiger partial charge in [0.25, 0.3) is 5.91 Å². The highest BCUT2D eigenvalue weighted by Gasteiger charge is 2.18. The highest BCUT2D eigenvalue weighted by Crippen LogP contribution is 2.19. The van der Waals surface area contributed by atoms with E-state index in [9.17, 15) is 9.18 Å². The van der Waals surface area contributed by atoms with Crippen LogP contribution in [0.2, 0.25) is 0 Å². The third-order valence-corrected chi connectivity index (χ3v) is 2.72. The number of benzene rings is 1. The Bertz CT molecular complexity index is 494. The normalized spacial score (nSPS) is 9.89. The second kappa shape index (κ2) is 6.01. The Morgan fingerprint density at radius 2 is 2.11 bits per heavy atom. The van der Waals surface area contributed by atoms with Gasteiger partial charge in [-0.15, -0.1) is 0 Å². The second-order valence-corrected chi connectivity index (χ2v) is 4.12. The van der Waals surface area contributed by atoms with Crippen molar-refractivity contribution < 1.29 is 9.18 Å². The molecule has 1 amide bonds. The van der Waals surface area contributed by atoms with E-state index < -0.39 is 12.6 Å². The minimum absolute atomic E-state index is 0.0824. The molecule has 18 heavy (non-hydrogen) atoms. The Labute approximate surface area is 106 Å². The maximum atomic E-state index is 12.1. The molecule has 0 aliphatic heterocycles. The van der Waals surface area contributed by atoms with E-state index in [1.54, 1.807) is 25.2 Å². The molecule has 0 aliphatic carbocycles. The first-order valence-corrected chi connectivity index (χ1v) is 5.65. The molecule has 4 nitrogen and oxygen atoms in total. The van der Waals surface area contributed by atoms with Crippen LogP contribution in [0.4, 0.5) is 10.1 Å². The smallest absolute Gasteiger partial charge is 0.267 e. The van der Waals surface area contributed by atoms with Gasteiger partial charge in [0.05, 0.1) is 6.67 Å². The first-order chi connectivity index (χ1) is 8.51. The molecule has 0 aromatic heterocycles. The third kappa shape index (κ3) is 2.98. The number of nitrogen functional groups attached to an aromatic ring is 1. The van der Waals surface area contributed by atoms with Crippen LogP contribution in [0.25, 0.3) is 0 Å². The van der Waals surface area contributed by atoms with Crippen molar-refractivity contribution in [1.29, 1.82) is 5.26 Å². The standard InChI is InChI=1S/C13H16FN3O/c1-9-6-10(2)12(16)7-11(9)13(18)17(8-15)5-3-4-14/h6-7H,3-5,16H2,1-2H3. The SMILES string of the molecule is Cc1cc(C)c(C(=O)N(C#N)CCCF)cc1N. The van der Waals surface area contributed by atoms with Gasteiger partial charge in [0, 0.05) is 17.8 Å². The molecule has 0 saturated carbocycles. The predicted molar refractivity (Wildman–Crippen MR) is 67.6 cm³/mol. The lowest BCUT2D eigenvalue weighted by Gasteiger charge is -2.15. The van der Waals surface area contributed by atoms with Crippen molar-refractivity contribution in [3.8, 4) is 6.19 Å². The van der Waals surface area contributed by atoms with Gasteiger partial charge in [0.1, 0.15) is 0 Å². The molecule has 0 spiro atoms. The van der Waals surface area contributed by atoms with Crippen molar-refractivity contribution in [3.63, 3.8) is 0 Å². The molecule has 96 valence electrons. The third-order valence-electron chi connectivity index (χ3n) is 2.72. The molecule has 0 aliphatic rings. The van der Waals surface area contributed by atoms with Crippen LogP contribution >= 0.6 is 0 Å². The molecule has 5 heteroatoms. The number of carbonyl (C=O) groups excluding carboxylic acids is 1. The van der Waals surface area contributed by atoms with Crippen molar-refractivity contribution in [1.82, 2.24) is 4.90 Å². The summed E-state index contributed by atoms with van der Waals surface area (Å²) >= 11 is 0. The fourth-order valence-electron chi connectivity index (χ4n) is 1.66. The van der Waals surface area contributed by atoms with Gasteiger partial charge >= 0.3 is 0 Å².